The van der Waals surface area contributed by atoms with E-state index in [4.69, 9.17) is 11.6 Å². The van der Waals surface area contributed by atoms with Crippen molar-refractivity contribution in [2.75, 3.05) is 6.54 Å². The molecule has 1 aliphatic heterocycles. The van der Waals surface area contributed by atoms with Crippen molar-refractivity contribution >= 4 is 28.4 Å². The summed E-state index contributed by atoms with van der Waals surface area (Å²) < 4.78 is 0. The Kier molecular flexibility index (Phi) is 6.19. The summed E-state index contributed by atoms with van der Waals surface area (Å²) in [6, 6.07) is 17.9. The maximum atomic E-state index is 13.7. The number of H-pyrrole nitrogens is 2. The van der Waals surface area contributed by atoms with Gasteiger partial charge in [-0.25, -0.2) is 0 Å². The van der Waals surface area contributed by atoms with Gasteiger partial charge in [0, 0.05) is 46.2 Å². The molecule has 0 spiro atoms. The van der Waals surface area contributed by atoms with Crippen LogP contribution in [0, 0.1) is 25.2 Å². The van der Waals surface area contributed by atoms with Gasteiger partial charge in [-0.05, 0) is 61.6 Å². The number of hydrogen-bond acceptors (Lipinski definition) is 3. The van der Waals surface area contributed by atoms with Gasteiger partial charge in [0.05, 0.1) is 6.04 Å². The molecule has 36 heavy (non-hydrogen) atoms. The number of nitriles is 1. The number of fused-ring (bicyclic) bond motifs is 3. The van der Waals surface area contributed by atoms with E-state index in [1.807, 2.05) is 54.3 Å². The van der Waals surface area contributed by atoms with Crippen molar-refractivity contribution in [3.8, 4) is 6.07 Å². The SMILES string of the molecule is Cc1[nH]c(=O)c(C#N)c(C)c1CCC(=O)N1CC(c2ccccc2Cl)c2c([nH]c3ccccc23)C1C. The van der Waals surface area contributed by atoms with E-state index in [1.54, 1.807) is 6.92 Å². The van der Waals surface area contributed by atoms with Gasteiger partial charge >= 0.3 is 0 Å². The van der Waals surface area contributed by atoms with Gasteiger partial charge in [0.25, 0.3) is 5.56 Å². The van der Waals surface area contributed by atoms with Crippen LogP contribution in [0.4, 0.5) is 0 Å². The Hall–Kier alpha value is -3.82. The minimum atomic E-state index is -0.388. The van der Waals surface area contributed by atoms with Gasteiger partial charge < -0.3 is 14.9 Å². The molecule has 3 heterocycles. The first-order valence-electron chi connectivity index (χ1n) is 12.1. The molecule has 2 N–H and O–H groups in total. The molecule has 0 bridgehead atoms. The number of nitrogens with one attached hydrogen (secondary N) is 2. The van der Waals surface area contributed by atoms with Crippen molar-refractivity contribution in [3.63, 3.8) is 0 Å². The van der Waals surface area contributed by atoms with E-state index < -0.39 is 0 Å². The number of nitrogens with zero attached hydrogens (tertiary/aromatic N) is 2. The predicted molar refractivity (Wildman–Crippen MR) is 141 cm³/mol. The Morgan fingerprint density at radius 1 is 1.14 bits per heavy atom. The van der Waals surface area contributed by atoms with E-state index in [2.05, 4.69) is 29.0 Å². The zero-order chi connectivity index (χ0) is 25.6. The van der Waals surface area contributed by atoms with Crippen molar-refractivity contribution in [1.82, 2.24) is 14.9 Å². The van der Waals surface area contributed by atoms with Crippen molar-refractivity contribution in [1.29, 1.82) is 5.26 Å². The van der Waals surface area contributed by atoms with Crippen molar-refractivity contribution < 1.29 is 4.79 Å². The topological polar surface area (TPSA) is 92.8 Å². The lowest BCUT2D eigenvalue weighted by molar-refractivity contribution is -0.134. The summed E-state index contributed by atoms with van der Waals surface area (Å²) >= 11 is 6.65. The fourth-order valence-electron chi connectivity index (χ4n) is 5.62. The lowest BCUT2D eigenvalue weighted by Crippen LogP contribution is -2.41. The van der Waals surface area contributed by atoms with Gasteiger partial charge in [-0.3, -0.25) is 9.59 Å². The summed E-state index contributed by atoms with van der Waals surface area (Å²) in [6.07, 6.45) is 0.717. The second-order valence-electron chi connectivity index (χ2n) is 9.46. The largest absolute Gasteiger partial charge is 0.356 e. The molecule has 182 valence electrons. The second kappa shape index (κ2) is 9.33. The minimum absolute atomic E-state index is 0.0207. The molecule has 5 rings (SSSR count). The molecule has 0 saturated carbocycles. The Balaban J connectivity index is 1.51. The molecule has 2 aromatic heterocycles. The monoisotopic (exact) mass is 498 g/mol. The number of aromatic nitrogens is 2. The molecule has 0 radical (unpaired) electrons. The van der Waals surface area contributed by atoms with Crippen molar-refractivity contribution in [2.24, 2.45) is 0 Å². The Bertz CT molecular complexity index is 1590. The molecule has 0 saturated heterocycles. The van der Waals surface area contributed by atoms with Crippen LogP contribution in [0.2, 0.25) is 5.02 Å². The number of aryl methyl sites for hydroxylation is 1. The van der Waals surface area contributed by atoms with Crippen LogP contribution in [0.1, 0.15) is 64.5 Å². The number of aromatic amines is 2. The molecule has 1 amide bonds. The molecule has 0 fully saturated rings. The molecule has 1 aliphatic rings. The third-order valence-electron chi connectivity index (χ3n) is 7.50. The average Bonchev–Trinajstić information content (AvgIpc) is 3.25. The smallest absolute Gasteiger partial charge is 0.266 e. The molecular formula is C29H27ClN4O2. The predicted octanol–water partition coefficient (Wildman–Crippen LogP) is 5.67. The standard InChI is InChI=1S/C29H27ClN4O2/c1-16-19(17(2)32-29(36)22(16)14-31)12-13-26(35)34-15-23(20-8-4-6-10-24(20)30)27-21-9-5-7-11-25(21)33-28(27)18(34)3/h4-11,18,23,33H,12-13,15H2,1-3H3,(H,32,36). The van der Waals surface area contributed by atoms with E-state index in [0.717, 1.165) is 27.7 Å². The van der Waals surface area contributed by atoms with Gasteiger partial charge in [-0.2, -0.15) is 5.26 Å². The van der Waals surface area contributed by atoms with Crippen LogP contribution in [0.3, 0.4) is 0 Å². The number of carbonyl (C=O) groups excluding carboxylic acids is 1. The molecule has 0 aliphatic carbocycles. The number of hydrogen-bond donors (Lipinski definition) is 2. The highest BCUT2D eigenvalue weighted by Gasteiger charge is 2.37. The maximum absolute atomic E-state index is 13.7. The summed E-state index contributed by atoms with van der Waals surface area (Å²) in [5.41, 5.74) is 6.18. The quantitative estimate of drug-likeness (QED) is 0.380. The van der Waals surface area contributed by atoms with Crippen LogP contribution in [0.15, 0.2) is 53.3 Å². The van der Waals surface area contributed by atoms with Gasteiger partial charge in [0.2, 0.25) is 5.91 Å². The Morgan fingerprint density at radius 2 is 1.86 bits per heavy atom. The van der Waals surface area contributed by atoms with E-state index in [-0.39, 0.29) is 35.4 Å². The molecule has 4 aromatic rings. The Morgan fingerprint density at radius 3 is 2.61 bits per heavy atom. The van der Waals surface area contributed by atoms with Gasteiger partial charge in [0.15, 0.2) is 0 Å². The summed E-state index contributed by atoms with van der Waals surface area (Å²) in [5, 5.41) is 11.2. The third kappa shape index (κ3) is 3.90. The lowest BCUT2D eigenvalue weighted by atomic mass is 9.83. The number of pyridine rings is 1. The van der Waals surface area contributed by atoms with Crippen molar-refractivity contribution in [3.05, 3.63) is 103 Å². The molecule has 2 atom stereocenters. The molecule has 7 heteroatoms. The van der Waals surface area contributed by atoms with E-state index in [0.29, 0.717) is 29.2 Å². The normalized spacial score (nSPS) is 17.1. The van der Waals surface area contributed by atoms with Crippen molar-refractivity contribution in [2.45, 2.75) is 45.6 Å². The number of carbonyl (C=O) groups is 1. The third-order valence-corrected chi connectivity index (χ3v) is 7.84. The molecular weight excluding hydrogens is 472 g/mol. The molecule has 6 nitrogen and oxygen atoms in total. The summed E-state index contributed by atoms with van der Waals surface area (Å²) in [6.45, 7) is 6.15. The highest BCUT2D eigenvalue weighted by atomic mass is 35.5. The highest BCUT2D eigenvalue weighted by Crippen LogP contribution is 2.44. The number of amides is 1. The Labute approximate surface area is 214 Å². The van der Waals surface area contributed by atoms with Crippen LogP contribution in [0.5, 0.6) is 0 Å². The first kappa shape index (κ1) is 23.9. The maximum Gasteiger partial charge on any atom is 0.266 e. The fourth-order valence-corrected chi connectivity index (χ4v) is 5.88. The first-order valence-corrected chi connectivity index (χ1v) is 12.5. The number of para-hydroxylation sites is 1. The summed E-state index contributed by atoms with van der Waals surface area (Å²) in [5.74, 6) is -0.0425. The van der Waals surface area contributed by atoms with Crippen LogP contribution >= 0.6 is 11.6 Å². The highest BCUT2D eigenvalue weighted by molar-refractivity contribution is 6.31. The van der Waals surface area contributed by atoms with Gasteiger partial charge in [-0.1, -0.05) is 48.0 Å². The van der Waals surface area contributed by atoms with E-state index in [9.17, 15) is 14.9 Å². The zero-order valence-electron chi connectivity index (χ0n) is 20.5. The number of rotatable bonds is 4. The first-order chi connectivity index (χ1) is 17.3. The van der Waals surface area contributed by atoms with Crippen LogP contribution in [0.25, 0.3) is 10.9 Å². The summed E-state index contributed by atoms with van der Waals surface area (Å²) in [7, 11) is 0. The minimum Gasteiger partial charge on any atom is -0.356 e. The number of benzene rings is 2. The molecule has 2 unspecified atom stereocenters. The summed E-state index contributed by atoms with van der Waals surface area (Å²) in [4.78, 5) is 34.0. The van der Waals surface area contributed by atoms with E-state index in [1.165, 1.54) is 5.56 Å². The lowest BCUT2D eigenvalue weighted by Gasteiger charge is -2.39. The zero-order valence-corrected chi connectivity index (χ0v) is 21.2. The number of halogens is 1. The van der Waals surface area contributed by atoms with Gasteiger partial charge in [0.1, 0.15) is 11.6 Å². The van der Waals surface area contributed by atoms with Crippen LogP contribution in [-0.4, -0.2) is 27.3 Å². The fraction of sp³-hybridized carbons (Fsp3) is 0.276. The van der Waals surface area contributed by atoms with Crippen LogP contribution in [-0.2, 0) is 11.2 Å². The van der Waals surface area contributed by atoms with Crippen LogP contribution < -0.4 is 5.56 Å². The second-order valence-corrected chi connectivity index (χ2v) is 9.87. The van der Waals surface area contributed by atoms with Gasteiger partial charge in [-0.15, -0.1) is 0 Å². The molecule has 2 aromatic carbocycles. The van der Waals surface area contributed by atoms with E-state index >= 15 is 0 Å². The average molecular weight is 499 g/mol.